The van der Waals surface area contributed by atoms with Crippen LogP contribution in [0.1, 0.15) is 18.7 Å². The van der Waals surface area contributed by atoms with Crippen molar-refractivity contribution in [3.63, 3.8) is 0 Å². The number of anilines is 1. The number of thiophene rings is 1. The van der Waals surface area contributed by atoms with E-state index in [1.807, 2.05) is 0 Å². The predicted molar refractivity (Wildman–Crippen MR) is 82.5 cm³/mol. The van der Waals surface area contributed by atoms with E-state index in [-0.39, 0.29) is 5.82 Å². The number of aromatic nitrogens is 2. The molecule has 3 rings (SSSR count). The van der Waals surface area contributed by atoms with E-state index in [0.717, 1.165) is 34.9 Å². The number of benzene rings is 1. The maximum atomic E-state index is 13.4. The summed E-state index contributed by atoms with van der Waals surface area (Å²) >= 11 is 1.59. The third-order valence-corrected chi connectivity index (χ3v) is 4.54. The van der Waals surface area contributed by atoms with Gasteiger partial charge in [0.15, 0.2) is 0 Å². The summed E-state index contributed by atoms with van der Waals surface area (Å²) in [5.41, 5.74) is 8.67. The van der Waals surface area contributed by atoms with E-state index in [2.05, 4.69) is 29.5 Å². The minimum atomic E-state index is -0.266. The Hall–Kier alpha value is -1.88. The van der Waals surface area contributed by atoms with Crippen molar-refractivity contribution in [2.75, 3.05) is 5.73 Å². The molecule has 0 saturated carbocycles. The molecule has 104 valence electrons. The number of nitrogens with two attached hydrogens (primary N) is 1. The summed E-state index contributed by atoms with van der Waals surface area (Å²) < 4.78 is 15.4. The van der Waals surface area contributed by atoms with Gasteiger partial charge in [0.2, 0.25) is 0 Å². The molecule has 0 atom stereocenters. The first-order chi connectivity index (χ1) is 9.63. The zero-order valence-electron chi connectivity index (χ0n) is 11.5. The van der Waals surface area contributed by atoms with E-state index < -0.39 is 0 Å². The summed E-state index contributed by atoms with van der Waals surface area (Å²) in [4.78, 5) is 5.81. The summed E-state index contributed by atoms with van der Waals surface area (Å²) in [6, 6.07) is 6.79. The van der Waals surface area contributed by atoms with Crippen LogP contribution in [0.4, 0.5) is 9.39 Å². The number of aryl methyl sites for hydroxylation is 2. The van der Waals surface area contributed by atoms with E-state index in [9.17, 15) is 4.39 Å². The fourth-order valence-corrected chi connectivity index (χ4v) is 3.30. The maximum Gasteiger partial charge on any atom is 0.144 e. The van der Waals surface area contributed by atoms with Gasteiger partial charge in [-0.3, -0.25) is 0 Å². The monoisotopic (exact) mass is 289 g/mol. The third kappa shape index (κ3) is 1.98. The summed E-state index contributed by atoms with van der Waals surface area (Å²) in [6.45, 7) is 4.93. The van der Waals surface area contributed by atoms with Crippen LogP contribution in [-0.2, 0) is 13.0 Å². The van der Waals surface area contributed by atoms with Crippen molar-refractivity contribution in [2.24, 2.45) is 0 Å². The van der Waals surface area contributed by atoms with Crippen LogP contribution in [0.2, 0.25) is 0 Å². The minimum Gasteiger partial charge on any atom is -0.390 e. The Morgan fingerprint density at radius 1 is 1.30 bits per heavy atom. The summed E-state index contributed by atoms with van der Waals surface area (Å²) in [6.07, 6.45) is 0.954. The van der Waals surface area contributed by atoms with Gasteiger partial charge >= 0.3 is 0 Å². The van der Waals surface area contributed by atoms with Gasteiger partial charge in [-0.05, 0) is 31.5 Å². The van der Waals surface area contributed by atoms with Crippen LogP contribution in [0, 0.1) is 5.82 Å². The lowest BCUT2D eigenvalue weighted by Gasteiger charge is -2.05. The van der Waals surface area contributed by atoms with E-state index in [4.69, 9.17) is 5.73 Å². The predicted octanol–water partition coefficient (Wildman–Crippen LogP) is 4.07. The average Bonchev–Trinajstić information content (AvgIpc) is 2.97. The minimum absolute atomic E-state index is 0.266. The Morgan fingerprint density at radius 2 is 2.10 bits per heavy atom. The molecular formula is C15H16FN3S. The van der Waals surface area contributed by atoms with Crippen LogP contribution in [-0.4, -0.2) is 9.55 Å². The summed E-state index contributed by atoms with van der Waals surface area (Å²) in [5, 5.41) is 0.771. The normalized spacial score (nSPS) is 11.3. The molecule has 0 radical (unpaired) electrons. The Labute approximate surface area is 120 Å². The second-order valence-electron chi connectivity index (χ2n) is 4.66. The van der Waals surface area contributed by atoms with Gasteiger partial charge in [0, 0.05) is 17.5 Å². The molecule has 5 heteroatoms. The number of rotatable bonds is 3. The average molecular weight is 289 g/mol. The Morgan fingerprint density at radius 3 is 2.75 bits per heavy atom. The van der Waals surface area contributed by atoms with Crippen LogP contribution in [0.15, 0.2) is 24.3 Å². The van der Waals surface area contributed by atoms with Crippen molar-refractivity contribution in [3.8, 4) is 11.4 Å². The summed E-state index contributed by atoms with van der Waals surface area (Å²) in [7, 11) is 0. The van der Waals surface area contributed by atoms with Crippen molar-refractivity contribution < 1.29 is 4.39 Å². The van der Waals surface area contributed by atoms with Crippen LogP contribution in [0.25, 0.3) is 22.4 Å². The lowest BCUT2D eigenvalue weighted by molar-refractivity contribution is 0.629. The first-order valence-corrected chi connectivity index (χ1v) is 7.50. The van der Waals surface area contributed by atoms with Gasteiger partial charge in [-0.2, -0.15) is 0 Å². The van der Waals surface area contributed by atoms with Crippen molar-refractivity contribution in [2.45, 2.75) is 26.8 Å². The number of hydrogen-bond donors (Lipinski definition) is 1. The second kappa shape index (κ2) is 4.90. The largest absolute Gasteiger partial charge is 0.390 e. The van der Waals surface area contributed by atoms with Crippen molar-refractivity contribution in [3.05, 3.63) is 35.0 Å². The summed E-state index contributed by atoms with van der Waals surface area (Å²) in [5.74, 6) is 0.555. The smallest absolute Gasteiger partial charge is 0.144 e. The van der Waals surface area contributed by atoms with Crippen molar-refractivity contribution in [1.29, 1.82) is 0 Å². The number of nitrogen functional groups attached to an aromatic ring is 1. The molecule has 1 aromatic carbocycles. The van der Waals surface area contributed by atoms with Gasteiger partial charge in [-0.25, -0.2) is 9.37 Å². The first kappa shape index (κ1) is 13.1. The zero-order chi connectivity index (χ0) is 14.3. The molecule has 3 nitrogen and oxygen atoms in total. The maximum absolute atomic E-state index is 13.4. The highest BCUT2D eigenvalue weighted by molar-refractivity contribution is 7.16. The van der Waals surface area contributed by atoms with E-state index in [0.29, 0.717) is 5.52 Å². The van der Waals surface area contributed by atoms with Crippen LogP contribution < -0.4 is 5.73 Å². The molecular weight excluding hydrogens is 273 g/mol. The Kier molecular flexibility index (Phi) is 3.22. The van der Waals surface area contributed by atoms with Gasteiger partial charge in [0.05, 0.1) is 21.6 Å². The van der Waals surface area contributed by atoms with E-state index in [1.165, 1.54) is 17.0 Å². The Bertz CT molecular complexity index is 773. The third-order valence-electron chi connectivity index (χ3n) is 3.43. The highest BCUT2D eigenvalue weighted by Crippen LogP contribution is 2.35. The molecule has 0 aliphatic carbocycles. The molecule has 2 N–H and O–H groups in total. The molecule has 0 spiro atoms. The molecule has 2 aromatic heterocycles. The molecule has 20 heavy (non-hydrogen) atoms. The topological polar surface area (TPSA) is 43.8 Å². The molecule has 2 heterocycles. The van der Waals surface area contributed by atoms with E-state index in [1.54, 1.807) is 17.4 Å². The quantitative estimate of drug-likeness (QED) is 0.790. The lowest BCUT2D eigenvalue weighted by atomic mass is 10.2. The lowest BCUT2D eigenvalue weighted by Crippen LogP contribution is -1.98. The standard InChI is InChI=1S/C15H16FN3S/c1-3-10-8-11(14(17)20-10)15-18-12-7-9(16)5-6-13(12)19(15)4-2/h5-8H,3-4,17H2,1-2H3. The zero-order valence-corrected chi connectivity index (χ0v) is 12.3. The molecule has 0 aliphatic heterocycles. The number of fused-ring (bicyclic) bond motifs is 1. The fraction of sp³-hybridized carbons (Fsp3) is 0.267. The number of hydrogen-bond acceptors (Lipinski definition) is 3. The highest BCUT2D eigenvalue weighted by atomic mass is 32.1. The molecule has 3 aromatic rings. The number of imidazole rings is 1. The van der Waals surface area contributed by atoms with Crippen LogP contribution >= 0.6 is 11.3 Å². The number of halogens is 1. The Balaban J connectivity index is 2.26. The molecule has 0 amide bonds. The highest BCUT2D eigenvalue weighted by Gasteiger charge is 2.16. The second-order valence-corrected chi connectivity index (χ2v) is 5.83. The fourth-order valence-electron chi connectivity index (χ4n) is 2.44. The SMILES string of the molecule is CCc1cc(-c2nc3cc(F)ccc3n2CC)c(N)s1. The molecule has 0 aliphatic rings. The van der Waals surface area contributed by atoms with Gasteiger partial charge < -0.3 is 10.3 Å². The van der Waals surface area contributed by atoms with Crippen LogP contribution in [0.3, 0.4) is 0 Å². The number of nitrogens with zero attached hydrogens (tertiary/aromatic N) is 2. The van der Waals surface area contributed by atoms with Crippen molar-refractivity contribution in [1.82, 2.24) is 9.55 Å². The van der Waals surface area contributed by atoms with Gasteiger partial charge in [-0.1, -0.05) is 6.92 Å². The van der Waals surface area contributed by atoms with Gasteiger partial charge in [0.25, 0.3) is 0 Å². The van der Waals surface area contributed by atoms with Gasteiger partial charge in [-0.15, -0.1) is 11.3 Å². The molecule has 0 saturated heterocycles. The van der Waals surface area contributed by atoms with Crippen molar-refractivity contribution >= 4 is 27.4 Å². The molecule has 0 bridgehead atoms. The molecule has 0 fully saturated rings. The van der Waals surface area contributed by atoms with E-state index >= 15 is 0 Å². The van der Waals surface area contributed by atoms with Gasteiger partial charge in [0.1, 0.15) is 11.6 Å². The first-order valence-electron chi connectivity index (χ1n) is 6.68. The molecule has 0 unspecified atom stereocenters. The van der Waals surface area contributed by atoms with Crippen LogP contribution in [0.5, 0.6) is 0 Å².